The molecule has 2 N–H and O–H groups in total. The van der Waals surface area contributed by atoms with Gasteiger partial charge in [0.25, 0.3) is 0 Å². The predicted molar refractivity (Wildman–Crippen MR) is 129 cm³/mol. The Morgan fingerprint density at radius 2 is 1.82 bits per heavy atom. The highest BCUT2D eigenvalue weighted by Crippen LogP contribution is 2.42. The lowest BCUT2D eigenvalue weighted by molar-refractivity contribution is -0.907. The number of aromatic nitrogens is 1. The molecule has 2 fully saturated rings. The van der Waals surface area contributed by atoms with Crippen LogP contribution in [0.1, 0.15) is 22.9 Å². The molecule has 8 heteroatoms. The van der Waals surface area contributed by atoms with Crippen molar-refractivity contribution in [3.63, 3.8) is 0 Å². The number of hydrogen-bond donors (Lipinski definition) is 2. The Bertz CT molecular complexity index is 1230. The molecule has 34 heavy (non-hydrogen) atoms. The molecule has 2 saturated heterocycles. The van der Waals surface area contributed by atoms with Crippen LogP contribution in [0, 0.1) is 0 Å². The molecule has 0 saturated carbocycles. The van der Waals surface area contributed by atoms with Gasteiger partial charge in [0.2, 0.25) is 11.8 Å². The molecule has 0 aliphatic carbocycles. The summed E-state index contributed by atoms with van der Waals surface area (Å²) in [7, 11) is 0. The van der Waals surface area contributed by atoms with Crippen molar-refractivity contribution in [2.75, 3.05) is 45.9 Å². The average Bonchev–Trinajstić information content (AvgIpc) is 3.24. The summed E-state index contributed by atoms with van der Waals surface area (Å²) >= 11 is 6.16. The molecule has 0 spiro atoms. The van der Waals surface area contributed by atoms with Crippen molar-refractivity contribution in [2.45, 2.75) is 18.5 Å². The van der Waals surface area contributed by atoms with E-state index in [1.165, 1.54) is 4.90 Å². The number of ether oxygens (including phenoxy) is 1. The number of nitrogens with zero attached hydrogens (tertiary/aromatic N) is 2. The second-order valence-electron chi connectivity index (χ2n) is 9.41. The Hall–Kier alpha value is -2.87. The fourth-order valence-corrected chi connectivity index (χ4v) is 5.83. The molecule has 7 nitrogen and oxygen atoms in total. The number of halogens is 1. The lowest BCUT2D eigenvalue weighted by Gasteiger charge is -2.47. The monoisotopic (exact) mass is 479 g/mol. The van der Waals surface area contributed by atoms with Crippen molar-refractivity contribution >= 4 is 34.3 Å². The number of nitrogens with one attached hydrogen (secondary N) is 2. The number of carbonyl (C=O) groups is 2. The standard InChI is InChI=1S/C26H27ClN4O3/c27-18-7-5-17(6-8-18)25-24-20(19-3-1-2-4-21(19)28-24)15-22-26(33)30(16-23(32)31(22)25)10-9-29-11-13-34-14-12-29/h1-8,22,25,28H,9-16H2/p+1/t22-,25+/m0/s1. The summed E-state index contributed by atoms with van der Waals surface area (Å²) in [6.07, 6.45) is 0.523. The molecule has 3 aromatic rings. The highest BCUT2D eigenvalue weighted by atomic mass is 35.5. The van der Waals surface area contributed by atoms with E-state index < -0.39 is 6.04 Å². The van der Waals surface area contributed by atoms with Gasteiger partial charge in [-0.2, -0.15) is 0 Å². The summed E-state index contributed by atoms with van der Waals surface area (Å²) < 4.78 is 5.45. The molecule has 3 aliphatic rings. The van der Waals surface area contributed by atoms with Crippen LogP contribution in [0.2, 0.25) is 5.02 Å². The maximum absolute atomic E-state index is 13.7. The molecule has 2 aromatic carbocycles. The number of benzene rings is 2. The van der Waals surface area contributed by atoms with Gasteiger partial charge in [-0.25, -0.2) is 0 Å². The Kier molecular flexibility index (Phi) is 5.56. The van der Waals surface area contributed by atoms with E-state index in [1.807, 2.05) is 42.5 Å². The first-order valence-electron chi connectivity index (χ1n) is 12.0. The van der Waals surface area contributed by atoms with E-state index in [-0.39, 0.29) is 24.4 Å². The van der Waals surface area contributed by atoms with Crippen molar-refractivity contribution < 1.29 is 19.2 Å². The summed E-state index contributed by atoms with van der Waals surface area (Å²) in [5.74, 6) is 0.0352. The number of H-pyrrole nitrogens is 1. The fraction of sp³-hybridized carbons (Fsp3) is 0.385. The zero-order valence-electron chi connectivity index (χ0n) is 18.9. The van der Waals surface area contributed by atoms with Gasteiger partial charge in [0.15, 0.2) is 0 Å². The minimum atomic E-state index is -0.506. The van der Waals surface area contributed by atoms with Crippen molar-refractivity contribution in [3.8, 4) is 0 Å². The second kappa shape index (κ2) is 8.73. The zero-order valence-corrected chi connectivity index (χ0v) is 19.7. The summed E-state index contributed by atoms with van der Waals surface area (Å²) in [4.78, 5) is 35.9. The maximum atomic E-state index is 13.7. The first-order chi connectivity index (χ1) is 16.6. The van der Waals surface area contributed by atoms with Crippen LogP contribution in [0.25, 0.3) is 10.9 Å². The van der Waals surface area contributed by atoms with Crippen molar-refractivity contribution in [1.82, 2.24) is 14.8 Å². The van der Waals surface area contributed by atoms with Gasteiger partial charge < -0.3 is 24.4 Å². The van der Waals surface area contributed by atoms with E-state index in [1.54, 1.807) is 9.80 Å². The van der Waals surface area contributed by atoms with E-state index in [4.69, 9.17) is 16.3 Å². The Morgan fingerprint density at radius 1 is 1.06 bits per heavy atom. The Balaban J connectivity index is 1.37. The van der Waals surface area contributed by atoms with Gasteiger partial charge in [-0.1, -0.05) is 41.9 Å². The molecule has 2 amide bonds. The number of amides is 2. The van der Waals surface area contributed by atoms with Crippen LogP contribution in [0.3, 0.4) is 0 Å². The van der Waals surface area contributed by atoms with Crippen molar-refractivity contribution in [3.05, 3.63) is 70.4 Å². The third-order valence-corrected chi connectivity index (χ3v) is 7.72. The third kappa shape index (κ3) is 3.68. The molecule has 6 rings (SSSR count). The van der Waals surface area contributed by atoms with E-state index in [0.717, 1.165) is 60.6 Å². The number of fused-ring (bicyclic) bond motifs is 4. The molecule has 2 atom stereocenters. The van der Waals surface area contributed by atoms with Crippen molar-refractivity contribution in [2.24, 2.45) is 0 Å². The SMILES string of the molecule is O=C1[C@@H]2Cc3c([nH]c4ccccc34)[C@@H](c3ccc(Cl)cc3)N2C(=O)CN1CC[NH+]1CCOCC1. The van der Waals surface area contributed by atoms with Crippen LogP contribution in [0.5, 0.6) is 0 Å². The van der Waals surface area contributed by atoms with Gasteiger partial charge in [-0.3, -0.25) is 9.59 Å². The van der Waals surface area contributed by atoms with Gasteiger partial charge in [0.05, 0.1) is 32.3 Å². The minimum Gasteiger partial charge on any atom is -0.370 e. The average molecular weight is 480 g/mol. The van der Waals surface area contributed by atoms with Gasteiger partial charge in [-0.15, -0.1) is 0 Å². The highest BCUT2D eigenvalue weighted by molar-refractivity contribution is 6.30. The molecule has 4 heterocycles. The molecule has 1 aromatic heterocycles. The molecule has 0 radical (unpaired) electrons. The molecule has 3 aliphatic heterocycles. The number of hydrogen-bond acceptors (Lipinski definition) is 3. The van der Waals surface area contributed by atoms with Crippen LogP contribution >= 0.6 is 11.6 Å². The molecule has 0 bridgehead atoms. The fourth-order valence-electron chi connectivity index (χ4n) is 5.71. The second-order valence-corrected chi connectivity index (χ2v) is 9.85. The van der Waals surface area contributed by atoms with Gasteiger partial charge >= 0.3 is 0 Å². The predicted octanol–water partition coefficient (Wildman–Crippen LogP) is 1.42. The maximum Gasteiger partial charge on any atom is 0.246 e. The number of aromatic amines is 1. The molecular weight excluding hydrogens is 452 g/mol. The molecule has 176 valence electrons. The summed E-state index contributed by atoms with van der Waals surface area (Å²) in [6, 6.07) is 14.9. The first-order valence-corrected chi connectivity index (χ1v) is 12.3. The Labute approximate surface area is 203 Å². The van der Waals surface area contributed by atoms with Gasteiger partial charge in [0.1, 0.15) is 25.7 Å². The van der Waals surface area contributed by atoms with Crippen LogP contribution in [-0.4, -0.2) is 78.6 Å². The number of quaternary nitrogens is 1. The Morgan fingerprint density at radius 3 is 2.62 bits per heavy atom. The number of carbonyl (C=O) groups excluding carboxylic acids is 2. The molecule has 0 unspecified atom stereocenters. The number of piperazine rings is 1. The van der Waals surface area contributed by atoms with Gasteiger partial charge in [-0.05, 0) is 29.3 Å². The van der Waals surface area contributed by atoms with Crippen LogP contribution in [0.4, 0.5) is 0 Å². The van der Waals surface area contributed by atoms with E-state index >= 15 is 0 Å². The van der Waals surface area contributed by atoms with Gasteiger partial charge in [0, 0.05) is 28.0 Å². The summed E-state index contributed by atoms with van der Waals surface area (Å²) in [5, 5.41) is 1.76. The van der Waals surface area contributed by atoms with Crippen molar-refractivity contribution in [1.29, 1.82) is 0 Å². The normalized spacial score (nSPS) is 23.3. The van der Waals surface area contributed by atoms with Crippen LogP contribution in [0.15, 0.2) is 48.5 Å². The zero-order chi connectivity index (χ0) is 23.2. The summed E-state index contributed by atoms with van der Waals surface area (Å²) in [5.41, 5.74) is 4.10. The highest BCUT2D eigenvalue weighted by Gasteiger charge is 2.48. The van der Waals surface area contributed by atoms with Crippen LogP contribution in [-0.2, 0) is 20.7 Å². The van der Waals surface area contributed by atoms with E-state index in [9.17, 15) is 9.59 Å². The lowest BCUT2D eigenvalue weighted by Crippen LogP contribution is -3.14. The largest absolute Gasteiger partial charge is 0.370 e. The molecular formula is C26H28ClN4O3+. The topological polar surface area (TPSA) is 70.1 Å². The summed E-state index contributed by atoms with van der Waals surface area (Å²) in [6.45, 7) is 4.96. The van der Waals surface area contributed by atoms with E-state index in [2.05, 4.69) is 11.1 Å². The minimum absolute atomic E-state index is 0.00849. The third-order valence-electron chi connectivity index (χ3n) is 7.46. The van der Waals surface area contributed by atoms with E-state index in [0.29, 0.717) is 18.0 Å². The van der Waals surface area contributed by atoms with Crippen LogP contribution < -0.4 is 4.90 Å². The number of para-hydroxylation sites is 1. The first kappa shape index (κ1) is 21.6. The number of morpholine rings is 1. The quantitative estimate of drug-likeness (QED) is 0.594. The smallest absolute Gasteiger partial charge is 0.246 e. The lowest BCUT2D eigenvalue weighted by atomic mass is 9.86. The number of rotatable bonds is 4.